The number of carbonyl (C=O) groups is 1. The molecule has 1 aromatic rings. The molecule has 1 rings (SSSR count). The molecule has 0 amide bonds. The number of phenolic OH excluding ortho intramolecular Hbond substituents is 1. The summed E-state index contributed by atoms with van der Waals surface area (Å²) in [7, 11) is 0. The van der Waals surface area contributed by atoms with Crippen LogP contribution < -0.4 is 0 Å². The van der Waals surface area contributed by atoms with E-state index in [4.69, 9.17) is 15.3 Å². The molecule has 0 unspecified atom stereocenters. The first-order chi connectivity index (χ1) is 6.73. The molecule has 3 N–H and O–H groups in total. The number of hydrogen-bond acceptors (Lipinski definition) is 3. The van der Waals surface area contributed by atoms with Gasteiger partial charge in [-0.15, -0.1) is 0 Å². The molecule has 1 aromatic carbocycles. The summed E-state index contributed by atoms with van der Waals surface area (Å²) in [5, 5.41) is 26.2. The van der Waals surface area contributed by atoms with Crippen LogP contribution in [-0.4, -0.2) is 21.3 Å². The van der Waals surface area contributed by atoms with E-state index in [1.807, 2.05) is 0 Å². The Balaban J connectivity index is 3.54. The first kappa shape index (κ1) is 11.2. The second-order valence-electron chi connectivity index (χ2n) is 2.69. The van der Waals surface area contributed by atoms with Crippen molar-refractivity contribution in [3.05, 3.63) is 23.3 Å². The van der Waals surface area contributed by atoms with E-state index in [9.17, 15) is 18.0 Å². The molecule has 0 aliphatic carbocycles. The summed E-state index contributed by atoms with van der Waals surface area (Å²) in [5.41, 5.74) is -2.87. The molecule has 15 heavy (non-hydrogen) atoms. The third kappa shape index (κ3) is 2.12. The van der Waals surface area contributed by atoms with Gasteiger partial charge in [0.05, 0.1) is 5.56 Å². The number of carboxylic acids is 1. The number of hydrogen-bond donors (Lipinski definition) is 3. The number of aromatic carboxylic acids is 1. The van der Waals surface area contributed by atoms with Gasteiger partial charge in [-0.05, 0) is 6.07 Å². The van der Waals surface area contributed by atoms with Crippen molar-refractivity contribution in [3.63, 3.8) is 0 Å². The maximum absolute atomic E-state index is 12.3. The van der Waals surface area contributed by atoms with Crippen LogP contribution >= 0.6 is 0 Å². The van der Waals surface area contributed by atoms with Crippen LogP contribution in [0.5, 0.6) is 11.5 Å². The largest absolute Gasteiger partial charge is 0.508 e. The fourth-order valence-corrected chi connectivity index (χ4v) is 1.06. The number of carboxylic acid groups (broad SMARTS) is 1. The normalized spacial score (nSPS) is 11.4. The smallest absolute Gasteiger partial charge is 0.417 e. The molecule has 0 saturated carbocycles. The monoisotopic (exact) mass is 222 g/mol. The summed E-state index contributed by atoms with van der Waals surface area (Å²) < 4.78 is 36.8. The zero-order valence-corrected chi connectivity index (χ0v) is 7.04. The second kappa shape index (κ2) is 3.34. The SMILES string of the molecule is O=C(O)c1c(O)cc(O)cc1C(F)(F)F. The van der Waals surface area contributed by atoms with Gasteiger partial charge in [0, 0.05) is 6.07 Å². The Hall–Kier alpha value is -1.92. The van der Waals surface area contributed by atoms with Gasteiger partial charge < -0.3 is 15.3 Å². The highest BCUT2D eigenvalue weighted by Gasteiger charge is 2.37. The Morgan fingerprint density at radius 2 is 1.73 bits per heavy atom. The fraction of sp³-hybridized carbons (Fsp3) is 0.125. The molecular weight excluding hydrogens is 217 g/mol. The molecule has 0 aromatic heterocycles. The quantitative estimate of drug-likeness (QED) is 0.677. The van der Waals surface area contributed by atoms with Crippen LogP contribution in [0.1, 0.15) is 15.9 Å². The van der Waals surface area contributed by atoms with E-state index in [2.05, 4.69) is 0 Å². The molecule has 0 radical (unpaired) electrons. The summed E-state index contributed by atoms with van der Waals surface area (Å²) in [6.45, 7) is 0. The highest BCUT2D eigenvalue weighted by Crippen LogP contribution is 2.38. The average Bonchev–Trinajstić information content (AvgIpc) is 1.99. The van der Waals surface area contributed by atoms with Crippen LogP contribution in [0.2, 0.25) is 0 Å². The molecule has 82 valence electrons. The summed E-state index contributed by atoms with van der Waals surface area (Å²) in [5.74, 6) is -3.90. The second-order valence-corrected chi connectivity index (χ2v) is 2.69. The third-order valence-electron chi connectivity index (χ3n) is 1.62. The lowest BCUT2D eigenvalue weighted by Crippen LogP contribution is -2.12. The number of alkyl halides is 3. The highest BCUT2D eigenvalue weighted by molar-refractivity contribution is 5.93. The van der Waals surface area contributed by atoms with Crippen molar-refractivity contribution < 1.29 is 33.3 Å². The number of aromatic hydroxyl groups is 2. The van der Waals surface area contributed by atoms with Crippen LogP contribution in [0.3, 0.4) is 0 Å². The van der Waals surface area contributed by atoms with E-state index < -0.39 is 34.8 Å². The minimum atomic E-state index is -4.95. The molecule has 0 saturated heterocycles. The zero-order chi connectivity index (χ0) is 11.8. The first-order valence-electron chi connectivity index (χ1n) is 3.60. The van der Waals surface area contributed by atoms with Crippen molar-refractivity contribution in [2.24, 2.45) is 0 Å². The molecule has 0 spiro atoms. The Morgan fingerprint density at radius 3 is 2.13 bits per heavy atom. The molecule has 4 nitrogen and oxygen atoms in total. The van der Waals surface area contributed by atoms with Gasteiger partial charge in [0.1, 0.15) is 17.1 Å². The van der Waals surface area contributed by atoms with Gasteiger partial charge in [0.15, 0.2) is 0 Å². The highest BCUT2D eigenvalue weighted by atomic mass is 19.4. The minimum absolute atomic E-state index is 0.239. The standard InChI is InChI=1S/C8H5F3O4/c9-8(10,11)4-1-3(12)2-5(13)6(4)7(14)15/h1-2,12-13H,(H,14,15). The number of phenols is 2. The van der Waals surface area contributed by atoms with Gasteiger partial charge >= 0.3 is 12.1 Å². The number of benzene rings is 1. The lowest BCUT2D eigenvalue weighted by atomic mass is 10.1. The Bertz CT molecular complexity index is 411. The van der Waals surface area contributed by atoms with Gasteiger partial charge in [0.2, 0.25) is 0 Å². The van der Waals surface area contributed by atoms with Gasteiger partial charge in [-0.2, -0.15) is 13.2 Å². The molecule has 0 heterocycles. The third-order valence-corrected chi connectivity index (χ3v) is 1.62. The lowest BCUT2D eigenvalue weighted by molar-refractivity contribution is -0.138. The summed E-state index contributed by atoms with van der Waals surface area (Å²) in [6.07, 6.45) is -4.95. The molecule has 0 aliphatic rings. The number of halogens is 3. The van der Waals surface area contributed by atoms with E-state index >= 15 is 0 Å². The minimum Gasteiger partial charge on any atom is -0.508 e. The molecule has 7 heteroatoms. The van der Waals surface area contributed by atoms with Crippen LogP contribution in [0, 0.1) is 0 Å². The molecule has 0 bridgehead atoms. The van der Waals surface area contributed by atoms with Crippen LogP contribution in [0.25, 0.3) is 0 Å². The fourth-order valence-electron chi connectivity index (χ4n) is 1.06. The summed E-state index contributed by atoms with van der Waals surface area (Å²) in [4.78, 5) is 10.5. The van der Waals surface area contributed by atoms with E-state index in [0.717, 1.165) is 0 Å². The van der Waals surface area contributed by atoms with E-state index in [0.29, 0.717) is 6.07 Å². The molecule has 0 fully saturated rings. The molecule has 0 aliphatic heterocycles. The van der Waals surface area contributed by atoms with Crippen LogP contribution in [0.15, 0.2) is 12.1 Å². The topological polar surface area (TPSA) is 77.8 Å². The van der Waals surface area contributed by atoms with Crippen molar-refractivity contribution in [3.8, 4) is 11.5 Å². The van der Waals surface area contributed by atoms with E-state index in [-0.39, 0.29) is 6.07 Å². The predicted molar refractivity (Wildman–Crippen MR) is 41.7 cm³/mol. The van der Waals surface area contributed by atoms with Crippen LogP contribution in [0.4, 0.5) is 13.2 Å². The van der Waals surface area contributed by atoms with Crippen molar-refractivity contribution in [2.75, 3.05) is 0 Å². The summed E-state index contributed by atoms with van der Waals surface area (Å²) >= 11 is 0. The Morgan fingerprint density at radius 1 is 1.20 bits per heavy atom. The lowest BCUT2D eigenvalue weighted by Gasteiger charge is -2.11. The Kier molecular flexibility index (Phi) is 2.48. The van der Waals surface area contributed by atoms with Crippen molar-refractivity contribution in [1.82, 2.24) is 0 Å². The van der Waals surface area contributed by atoms with Crippen molar-refractivity contribution >= 4 is 5.97 Å². The van der Waals surface area contributed by atoms with E-state index in [1.54, 1.807) is 0 Å². The zero-order valence-electron chi connectivity index (χ0n) is 7.04. The van der Waals surface area contributed by atoms with Gasteiger partial charge in [-0.1, -0.05) is 0 Å². The van der Waals surface area contributed by atoms with Gasteiger partial charge in [-0.3, -0.25) is 0 Å². The predicted octanol–water partition coefficient (Wildman–Crippen LogP) is 1.81. The van der Waals surface area contributed by atoms with Crippen LogP contribution in [-0.2, 0) is 6.18 Å². The number of rotatable bonds is 1. The van der Waals surface area contributed by atoms with Gasteiger partial charge in [0.25, 0.3) is 0 Å². The van der Waals surface area contributed by atoms with Crippen molar-refractivity contribution in [2.45, 2.75) is 6.18 Å². The summed E-state index contributed by atoms with van der Waals surface area (Å²) in [6, 6.07) is 0.766. The van der Waals surface area contributed by atoms with Crippen molar-refractivity contribution in [1.29, 1.82) is 0 Å². The Labute approximate surface area is 81.2 Å². The van der Waals surface area contributed by atoms with Gasteiger partial charge in [-0.25, -0.2) is 4.79 Å². The maximum Gasteiger partial charge on any atom is 0.417 e. The van der Waals surface area contributed by atoms with E-state index in [1.165, 1.54) is 0 Å². The molecule has 0 atom stereocenters. The first-order valence-corrected chi connectivity index (χ1v) is 3.60. The average molecular weight is 222 g/mol. The maximum atomic E-state index is 12.3. The molecular formula is C8H5F3O4.